The zero-order valence-corrected chi connectivity index (χ0v) is 26.2. The van der Waals surface area contributed by atoms with Crippen molar-refractivity contribution >= 4 is 23.3 Å². The van der Waals surface area contributed by atoms with E-state index in [4.69, 9.17) is 0 Å². The van der Waals surface area contributed by atoms with Gasteiger partial charge in [-0.1, -0.05) is 89.9 Å². The molecule has 0 aliphatic carbocycles. The Bertz CT molecular complexity index is 1090. The number of benzene rings is 2. The van der Waals surface area contributed by atoms with Crippen LogP contribution in [0.2, 0.25) is 0 Å². The summed E-state index contributed by atoms with van der Waals surface area (Å²) in [4.78, 5) is 0. The molecule has 2 aromatic carbocycles. The van der Waals surface area contributed by atoms with Gasteiger partial charge in [0.1, 0.15) is 11.4 Å². The Hall–Kier alpha value is -3.94. The Labute approximate surface area is 236 Å². The molecule has 0 N–H and O–H groups in total. The molecule has 0 bridgehead atoms. The van der Waals surface area contributed by atoms with E-state index in [1.165, 1.54) is 11.1 Å². The van der Waals surface area contributed by atoms with Gasteiger partial charge in [-0.05, 0) is 41.8 Å². The molecule has 0 fully saturated rings. The van der Waals surface area contributed by atoms with E-state index >= 15 is 0 Å². The van der Waals surface area contributed by atoms with Crippen LogP contribution in [0.15, 0.2) is 93.8 Å². The van der Waals surface area contributed by atoms with Gasteiger partial charge in [0.25, 0.3) is 0 Å². The standard InChI is InChI=1S/C23H26N8.4C2H6/c1-28-13-14-29(2)22(28)26-24-20-9-5-18(6-10-20)17-19-7-11-21(12-8-19)25-27-23-30(3)15-16-31(23)4;4*1-2/h5-16H,17H2,1-4H3;4*1-2H3/q+2;;;;. The van der Waals surface area contributed by atoms with Crippen LogP contribution in [0.4, 0.5) is 23.3 Å². The average molecular weight is 535 g/mol. The van der Waals surface area contributed by atoms with Gasteiger partial charge >= 0.3 is 11.9 Å². The molecule has 4 aromatic rings. The van der Waals surface area contributed by atoms with Crippen molar-refractivity contribution in [3.63, 3.8) is 0 Å². The molecule has 0 amide bonds. The third kappa shape index (κ3) is 11.1. The fraction of sp³-hybridized carbons (Fsp3) is 0.419. The summed E-state index contributed by atoms with van der Waals surface area (Å²) in [6, 6.07) is 16.3. The van der Waals surface area contributed by atoms with Crippen LogP contribution >= 0.6 is 0 Å². The van der Waals surface area contributed by atoms with E-state index in [9.17, 15) is 0 Å². The number of aryl methyl sites for hydroxylation is 4. The third-order valence-corrected chi connectivity index (χ3v) is 5.08. The molecule has 0 saturated carbocycles. The molecule has 0 atom stereocenters. The largest absolute Gasteiger partial charge is 0.421 e. The van der Waals surface area contributed by atoms with Crippen molar-refractivity contribution < 1.29 is 9.13 Å². The topological polar surface area (TPSA) is 67.1 Å². The molecule has 2 aromatic heterocycles. The smallest absolute Gasteiger partial charge is 0.233 e. The zero-order chi connectivity index (χ0) is 29.8. The highest BCUT2D eigenvalue weighted by atomic mass is 15.3. The van der Waals surface area contributed by atoms with E-state index in [-0.39, 0.29) is 0 Å². The highest BCUT2D eigenvalue weighted by Gasteiger charge is 2.11. The molecule has 8 nitrogen and oxygen atoms in total. The van der Waals surface area contributed by atoms with Gasteiger partial charge in [0.15, 0.2) is 0 Å². The van der Waals surface area contributed by atoms with Crippen LogP contribution in [0.3, 0.4) is 0 Å². The van der Waals surface area contributed by atoms with Gasteiger partial charge in [-0.3, -0.25) is 0 Å². The average Bonchev–Trinajstić information content (AvgIpc) is 3.50. The maximum Gasteiger partial charge on any atom is 0.421 e. The van der Waals surface area contributed by atoms with Crippen molar-refractivity contribution in [2.24, 2.45) is 48.6 Å². The van der Waals surface area contributed by atoms with Gasteiger partial charge in [0.05, 0.1) is 53.0 Å². The minimum Gasteiger partial charge on any atom is -0.233 e. The lowest BCUT2D eigenvalue weighted by Gasteiger charge is -2.02. The van der Waals surface area contributed by atoms with Crippen LogP contribution in [-0.4, -0.2) is 9.13 Å². The van der Waals surface area contributed by atoms with Gasteiger partial charge in [0, 0.05) is 10.2 Å². The van der Waals surface area contributed by atoms with E-state index in [0.717, 1.165) is 29.7 Å². The normalized spacial score (nSPS) is 9.95. The molecule has 4 rings (SSSR count). The second-order valence-electron chi connectivity index (χ2n) is 7.55. The monoisotopic (exact) mass is 534 g/mol. The van der Waals surface area contributed by atoms with E-state index < -0.39 is 0 Å². The summed E-state index contributed by atoms with van der Waals surface area (Å²) in [6.45, 7) is 16.0. The predicted octanol–water partition coefficient (Wildman–Crippen LogP) is 8.54. The van der Waals surface area contributed by atoms with Crippen molar-refractivity contribution in [1.29, 1.82) is 0 Å². The molecule has 0 aliphatic heterocycles. The summed E-state index contributed by atoms with van der Waals surface area (Å²) in [5.41, 5.74) is 4.09. The molecule has 212 valence electrons. The molecule has 0 saturated heterocycles. The number of hydrogen-bond acceptors (Lipinski definition) is 4. The maximum atomic E-state index is 4.34. The Morgan fingerprint density at radius 1 is 0.513 bits per heavy atom. The predicted molar refractivity (Wildman–Crippen MR) is 163 cm³/mol. The van der Waals surface area contributed by atoms with Gasteiger partial charge in [-0.25, -0.2) is 18.3 Å². The lowest BCUT2D eigenvalue weighted by Crippen LogP contribution is -2.25. The quantitative estimate of drug-likeness (QED) is 0.176. The molecule has 0 radical (unpaired) electrons. The lowest BCUT2D eigenvalue weighted by molar-refractivity contribution is -0.657. The lowest BCUT2D eigenvalue weighted by atomic mass is 10.0. The van der Waals surface area contributed by atoms with Crippen LogP contribution in [0.1, 0.15) is 66.5 Å². The molecule has 8 heteroatoms. The second kappa shape index (κ2) is 20.1. The summed E-state index contributed by atoms with van der Waals surface area (Å²) in [6.07, 6.45) is 8.64. The number of rotatable bonds is 6. The first-order valence-corrected chi connectivity index (χ1v) is 14.0. The van der Waals surface area contributed by atoms with Crippen LogP contribution in [0, 0.1) is 0 Å². The highest BCUT2D eigenvalue weighted by Crippen LogP contribution is 2.20. The molecular weight excluding hydrogens is 484 g/mol. The highest BCUT2D eigenvalue weighted by molar-refractivity contribution is 5.42. The number of imidazole rings is 2. The van der Waals surface area contributed by atoms with Gasteiger partial charge < -0.3 is 0 Å². The number of azo groups is 2. The van der Waals surface area contributed by atoms with E-state index in [1.54, 1.807) is 0 Å². The maximum absolute atomic E-state index is 4.34. The number of aromatic nitrogens is 4. The molecule has 39 heavy (non-hydrogen) atoms. The minimum atomic E-state index is 0.794. The summed E-state index contributed by atoms with van der Waals surface area (Å²) in [7, 11) is 7.80. The second-order valence-corrected chi connectivity index (χ2v) is 7.55. The Morgan fingerprint density at radius 2 is 0.821 bits per heavy atom. The molecule has 0 spiro atoms. The Kier molecular flexibility index (Phi) is 18.0. The van der Waals surface area contributed by atoms with Gasteiger partial charge in [-0.2, -0.15) is 0 Å². The summed E-state index contributed by atoms with van der Waals surface area (Å²) < 4.78 is 7.73. The molecular formula is C31H50N8+2. The zero-order valence-electron chi connectivity index (χ0n) is 26.2. The van der Waals surface area contributed by atoms with Crippen LogP contribution in [0.25, 0.3) is 0 Å². The van der Waals surface area contributed by atoms with E-state index in [2.05, 4.69) is 44.7 Å². The fourth-order valence-corrected chi connectivity index (χ4v) is 3.25. The first-order valence-electron chi connectivity index (χ1n) is 14.0. The Morgan fingerprint density at radius 3 is 1.08 bits per heavy atom. The SMILES string of the molecule is CC.CC.CC.CC.Cn1cc[n+](C)c1N=Nc1ccc(Cc2ccc(N=Nc3n(C)cc[n+]3C)cc2)cc1. The first kappa shape index (κ1) is 35.1. The fourth-order valence-electron chi connectivity index (χ4n) is 3.25. The van der Waals surface area contributed by atoms with Crippen molar-refractivity contribution in [3.8, 4) is 0 Å². The molecule has 0 unspecified atom stereocenters. The summed E-state index contributed by atoms with van der Waals surface area (Å²) >= 11 is 0. The van der Waals surface area contributed by atoms with Crippen molar-refractivity contribution in [1.82, 2.24) is 9.13 Å². The number of nitrogens with zero attached hydrogens (tertiary/aromatic N) is 8. The minimum absolute atomic E-state index is 0.794. The van der Waals surface area contributed by atoms with Gasteiger partial charge in [0.2, 0.25) is 0 Å². The third-order valence-electron chi connectivity index (χ3n) is 5.08. The van der Waals surface area contributed by atoms with Crippen LogP contribution < -0.4 is 9.13 Å². The Balaban J connectivity index is 0.00000166. The van der Waals surface area contributed by atoms with Gasteiger partial charge in [-0.15, -0.1) is 0 Å². The summed E-state index contributed by atoms with van der Waals surface area (Å²) in [5, 5.41) is 17.4. The van der Waals surface area contributed by atoms with Crippen molar-refractivity contribution in [2.45, 2.75) is 61.8 Å². The summed E-state index contributed by atoms with van der Waals surface area (Å²) in [5.74, 6) is 1.59. The van der Waals surface area contributed by atoms with E-state index in [1.807, 2.05) is 151 Å². The number of hydrogen-bond donors (Lipinski definition) is 0. The first-order chi connectivity index (χ1) is 19.0. The van der Waals surface area contributed by atoms with Crippen LogP contribution in [0.5, 0.6) is 0 Å². The molecule has 0 aliphatic rings. The van der Waals surface area contributed by atoms with Crippen molar-refractivity contribution in [3.05, 3.63) is 84.4 Å². The molecule has 2 heterocycles. The van der Waals surface area contributed by atoms with Crippen molar-refractivity contribution in [2.75, 3.05) is 0 Å². The van der Waals surface area contributed by atoms with E-state index in [0.29, 0.717) is 0 Å². The van der Waals surface area contributed by atoms with Crippen LogP contribution in [-0.2, 0) is 34.6 Å².